The summed E-state index contributed by atoms with van der Waals surface area (Å²) < 4.78 is 2.82. The number of likely N-dealkylation sites (N-methyl/N-ethyl adjacent to an activating group) is 1. The van der Waals surface area contributed by atoms with Crippen LogP contribution in [0.5, 0.6) is 0 Å². The zero-order valence-corrected chi connectivity index (χ0v) is 14.6. The van der Waals surface area contributed by atoms with Crippen LogP contribution in [0.25, 0.3) is 11.2 Å². The Labute approximate surface area is 139 Å². The van der Waals surface area contributed by atoms with Crippen LogP contribution in [-0.4, -0.2) is 51.2 Å². The van der Waals surface area contributed by atoms with Crippen LogP contribution in [0.2, 0.25) is 0 Å². The van der Waals surface area contributed by atoms with Gasteiger partial charge in [0.1, 0.15) is 5.82 Å². The number of hydrogen-bond acceptors (Lipinski definition) is 4. The number of nitrogens with one attached hydrogen (secondary N) is 3. The van der Waals surface area contributed by atoms with Crippen molar-refractivity contribution in [1.82, 2.24) is 24.4 Å². The number of rotatable bonds is 7. The van der Waals surface area contributed by atoms with Crippen LogP contribution < -0.4 is 21.5 Å². The van der Waals surface area contributed by atoms with Gasteiger partial charge in [-0.05, 0) is 13.8 Å². The zero-order chi connectivity index (χ0) is 17.9. The molecule has 24 heavy (non-hydrogen) atoms. The summed E-state index contributed by atoms with van der Waals surface area (Å²) >= 11 is 0. The number of aryl methyl sites for hydroxylation is 2. The molecule has 0 saturated heterocycles. The quantitative estimate of drug-likeness (QED) is 0.521. The number of aromatic nitrogens is 4. The number of carbonyl (C=O) groups excluding carboxylic acids is 1. The number of fused-ring (bicyclic) bond motifs is 1. The third-order valence-electron chi connectivity index (χ3n) is 4.35. The highest BCUT2D eigenvalue weighted by Crippen LogP contribution is 2.08. The smallest absolute Gasteiger partial charge is 0.329 e. The largest absolute Gasteiger partial charge is 0.350 e. The lowest BCUT2D eigenvalue weighted by atomic mass is 10.3. The van der Waals surface area contributed by atoms with Crippen molar-refractivity contribution in [2.45, 2.75) is 20.3 Å². The maximum atomic E-state index is 12.1. The number of quaternary nitrogens is 1. The number of amides is 1. The average molecular weight is 337 g/mol. The average Bonchev–Trinajstić information content (AvgIpc) is 2.87. The summed E-state index contributed by atoms with van der Waals surface area (Å²) in [6, 6.07) is 0. The van der Waals surface area contributed by atoms with E-state index in [9.17, 15) is 14.4 Å². The molecule has 0 radical (unpaired) electrons. The van der Waals surface area contributed by atoms with E-state index in [4.69, 9.17) is 0 Å². The molecule has 0 aliphatic heterocycles. The van der Waals surface area contributed by atoms with Gasteiger partial charge in [0, 0.05) is 14.1 Å². The molecule has 1 amide bonds. The van der Waals surface area contributed by atoms with Gasteiger partial charge in [0.05, 0.1) is 32.6 Å². The third-order valence-corrected chi connectivity index (χ3v) is 4.35. The van der Waals surface area contributed by atoms with Crippen LogP contribution in [0.1, 0.15) is 19.7 Å². The van der Waals surface area contributed by atoms with Crippen molar-refractivity contribution in [3.8, 4) is 0 Å². The monoisotopic (exact) mass is 337 g/mol. The van der Waals surface area contributed by atoms with E-state index < -0.39 is 11.2 Å². The first-order chi connectivity index (χ1) is 11.4. The fourth-order valence-electron chi connectivity index (χ4n) is 2.70. The first-order valence-corrected chi connectivity index (χ1v) is 8.13. The van der Waals surface area contributed by atoms with Crippen molar-refractivity contribution in [3.05, 3.63) is 26.7 Å². The van der Waals surface area contributed by atoms with Crippen LogP contribution >= 0.6 is 0 Å². The van der Waals surface area contributed by atoms with Crippen molar-refractivity contribution in [2.75, 3.05) is 26.2 Å². The molecule has 3 N–H and O–H groups in total. The maximum Gasteiger partial charge on any atom is 0.329 e. The Hall–Kier alpha value is -2.42. The summed E-state index contributed by atoms with van der Waals surface area (Å²) in [5, 5.41) is 2.87. The van der Waals surface area contributed by atoms with Crippen molar-refractivity contribution >= 4 is 17.1 Å². The number of H-pyrrole nitrogens is 1. The van der Waals surface area contributed by atoms with Gasteiger partial charge in [-0.15, -0.1) is 0 Å². The SMILES string of the molecule is CC[NH+](CC)CCNC(=O)Cc1nc2c(c(=O)[nH]c(=O)n2C)n1C. The second-order valence-electron chi connectivity index (χ2n) is 5.81. The van der Waals surface area contributed by atoms with Gasteiger partial charge >= 0.3 is 5.69 Å². The van der Waals surface area contributed by atoms with Gasteiger partial charge in [0.25, 0.3) is 5.56 Å². The van der Waals surface area contributed by atoms with Gasteiger partial charge in [-0.25, -0.2) is 9.78 Å². The van der Waals surface area contributed by atoms with Gasteiger partial charge in [0.15, 0.2) is 11.2 Å². The summed E-state index contributed by atoms with van der Waals surface area (Å²) in [6.45, 7) is 7.74. The minimum absolute atomic E-state index is 0.0619. The molecule has 0 saturated carbocycles. The topological polar surface area (TPSA) is 106 Å². The molecule has 0 spiro atoms. The normalized spacial score (nSPS) is 11.4. The van der Waals surface area contributed by atoms with E-state index in [1.807, 2.05) is 0 Å². The van der Waals surface area contributed by atoms with Crippen LogP contribution in [0.4, 0.5) is 0 Å². The van der Waals surface area contributed by atoms with Crippen molar-refractivity contribution in [3.63, 3.8) is 0 Å². The maximum absolute atomic E-state index is 12.1. The molecule has 2 aromatic rings. The Morgan fingerprint density at radius 3 is 2.50 bits per heavy atom. The van der Waals surface area contributed by atoms with Crippen molar-refractivity contribution in [2.24, 2.45) is 14.1 Å². The van der Waals surface area contributed by atoms with Crippen LogP contribution in [0, 0.1) is 0 Å². The van der Waals surface area contributed by atoms with E-state index in [0.717, 1.165) is 19.6 Å². The number of hydrogen-bond donors (Lipinski definition) is 3. The lowest BCUT2D eigenvalue weighted by Crippen LogP contribution is -3.12. The van der Waals surface area contributed by atoms with E-state index in [1.54, 1.807) is 11.6 Å². The highest BCUT2D eigenvalue weighted by Gasteiger charge is 2.17. The molecular weight excluding hydrogens is 312 g/mol. The number of nitrogens with zero attached hydrogens (tertiary/aromatic N) is 3. The predicted molar refractivity (Wildman–Crippen MR) is 90.2 cm³/mol. The summed E-state index contributed by atoms with van der Waals surface area (Å²) in [7, 11) is 3.20. The summed E-state index contributed by atoms with van der Waals surface area (Å²) in [6.07, 6.45) is 0.0619. The van der Waals surface area contributed by atoms with Crippen molar-refractivity contribution in [1.29, 1.82) is 0 Å². The molecule has 0 aliphatic carbocycles. The Kier molecular flexibility index (Phi) is 5.55. The molecule has 0 aromatic carbocycles. The summed E-state index contributed by atoms with van der Waals surface area (Å²) in [4.78, 5) is 43.6. The van der Waals surface area contributed by atoms with E-state index >= 15 is 0 Å². The first-order valence-electron chi connectivity index (χ1n) is 8.13. The third kappa shape index (κ3) is 3.56. The standard InChI is InChI=1S/C15H24N6O3/c1-5-21(6-2)8-7-16-11(22)9-10-17-13-12(19(10)3)14(23)18-15(24)20(13)4/h5-9H2,1-4H3,(H,16,22)(H,18,23,24)/p+1. The molecule has 9 heteroatoms. The summed E-state index contributed by atoms with van der Waals surface area (Å²) in [5.41, 5.74) is -0.460. The highest BCUT2D eigenvalue weighted by atomic mass is 16.2. The Bertz CT molecular complexity index is 843. The Balaban J connectivity index is 2.13. The van der Waals surface area contributed by atoms with Crippen LogP contribution in [0.3, 0.4) is 0 Å². The van der Waals surface area contributed by atoms with Crippen LogP contribution in [-0.2, 0) is 25.3 Å². The van der Waals surface area contributed by atoms with Crippen molar-refractivity contribution < 1.29 is 9.69 Å². The van der Waals surface area contributed by atoms with E-state index in [2.05, 4.69) is 29.1 Å². The molecule has 9 nitrogen and oxygen atoms in total. The number of aromatic amines is 1. The molecular formula is C15H25N6O3+. The van der Waals surface area contributed by atoms with Gasteiger partial charge in [-0.2, -0.15) is 0 Å². The number of imidazole rings is 1. The molecule has 0 fully saturated rings. The summed E-state index contributed by atoms with van der Waals surface area (Å²) in [5.74, 6) is 0.297. The predicted octanol–water partition coefficient (Wildman–Crippen LogP) is -2.46. The lowest BCUT2D eigenvalue weighted by molar-refractivity contribution is -0.895. The Morgan fingerprint density at radius 1 is 1.21 bits per heavy atom. The first kappa shape index (κ1) is 17.9. The van der Waals surface area contributed by atoms with Gasteiger partial charge in [-0.3, -0.25) is 19.1 Å². The van der Waals surface area contributed by atoms with E-state index in [0.29, 0.717) is 12.4 Å². The minimum atomic E-state index is -0.524. The van der Waals surface area contributed by atoms with Gasteiger partial charge < -0.3 is 14.8 Å². The molecule has 2 aromatic heterocycles. The molecule has 132 valence electrons. The molecule has 0 bridgehead atoms. The van der Waals surface area contributed by atoms with E-state index in [-0.39, 0.29) is 23.5 Å². The fourth-order valence-corrected chi connectivity index (χ4v) is 2.70. The zero-order valence-electron chi connectivity index (χ0n) is 14.6. The number of carbonyl (C=O) groups is 1. The van der Waals surface area contributed by atoms with Crippen LogP contribution in [0.15, 0.2) is 9.59 Å². The van der Waals surface area contributed by atoms with Gasteiger partial charge in [-0.1, -0.05) is 0 Å². The highest BCUT2D eigenvalue weighted by molar-refractivity contribution is 5.79. The second kappa shape index (κ2) is 7.43. The molecule has 2 rings (SSSR count). The second-order valence-corrected chi connectivity index (χ2v) is 5.81. The molecule has 0 aliphatic rings. The van der Waals surface area contributed by atoms with Gasteiger partial charge in [0.2, 0.25) is 5.91 Å². The van der Waals surface area contributed by atoms with E-state index in [1.165, 1.54) is 16.5 Å². The Morgan fingerprint density at radius 2 is 1.88 bits per heavy atom. The minimum Gasteiger partial charge on any atom is -0.350 e. The lowest BCUT2D eigenvalue weighted by Gasteiger charge is -2.15. The molecule has 2 heterocycles. The molecule has 0 atom stereocenters. The molecule has 0 unspecified atom stereocenters. The fraction of sp³-hybridized carbons (Fsp3) is 0.600.